The van der Waals surface area contributed by atoms with Crippen LogP contribution in [0.4, 0.5) is 0 Å². The van der Waals surface area contributed by atoms with Gasteiger partial charge in [0.25, 0.3) is 0 Å². The van der Waals surface area contributed by atoms with Gasteiger partial charge in [-0.3, -0.25) is 0 Å². The first-order valence-corrected chi connectivity index (χ1v) is 8.21. The highest BCUT2D eigenvalue weighted by Crippen LogP contribution is 2.43. The molecule has 0 radical (unpaired) electrons. The van der Waals surface area contributed by atoms with Gasteiger partial charge < -0.3 is 15.4 Å². The molecule has 2 N–H and O–H groups in total. The Morgan fingerprint density at radius 2 is 2.16 bits per heavy atom. The van der Waals surface area contributed by atoms with Crippen LogP contribution < -0.4 is 10.6 Å². The van der Waals surface area contributed by atoms with Gasteiger partial charge in [-0.2, -0.15) is 0 Å². The maximum atomic E-state index is 5.81. The zero-order valence-electron chi connectivity index (χ0n) is 12.7. The molecule has 0 bridgehead atoms. The Kier molecular flexibility index (Phi) is 3.89. The third-order valence-corrected chi connectivity index (χ3v) is 6.01. The summed E-state index contributed by atoms with van der Waals surface area (Å²) in [5.74, 6) is 1.91. The molecule has 3 nitrogen and oxygen atoms in total. The predicted octanol–water partition coefficient (Wildman–Crippen LogP) is 2.17. The molecule has 19 heavy (non-hydrogen) atoms. The van der Waals surface area contributed by atoms with E-state index in [2.05, 4.69) is 31.4 Å². The molecule has 0 aromatic heterocycles. The lowest BCUT2D eigenvalue weighted by Crippen LogP contribution is -2.62. The summed E-state index contributed by atoms with van der Waals surface area (Å²) < 4.78 is 5.81. The van der Waals surface area contributed by atoms with Gasteiger partial charge in [0.15, 0.2) is 0 Å². The van der Waals surface area contributed by atoms with Crippen LogP contribution in [-0.4, -0.2) is 37.9 Å². The van der Waals surface area contributed by atoms with Crippen molar-refractivity contribution in [2.45, 2.75) is 64.6 Å². The molecule has 0 amide bonds. The summed E-state index contributed by atoms with van der Waals surface area (Å²) in [6, 6.07) is 1.35. The fourth-order valence-electron chi connectivity index (χ4n) is 4.51. The van der Waals surface area contributed by atoms with Crippen LogP contribution in [0.3, 0.4) is 0 Å². The number of nitrogens with one attached hydrogen (secondary N) is 2. The summed E-state index contributed by atoms with van der Waals surface area (Å²) >= 11 is 0. The monoisotopic (exact) mass is 266 g/mol. The van der Waals surface area contributed by atoms with Crippen molar-refractivity contribution in [3.05, 3.63) is 0 Å². The Morgan fingerprint density at radius 1 is 1.32 bits per heavy atom. The number of fused-ring (bicyclic) bond motifs is 1. The molecule has 1 saturated heterocycles. The van der Waals surface area contributed by atoms with Crippen LogP contribution in [-0.2, 0) is 4.74 Å². The summed E-state index contributed by atoms with van der Waals surface area (Å²) in [6.07, 6.45) is 5.98. The summed E-state index contributed by atoms with van der Waals surface area (Å²) in [6.45, 7) is 10.0. The molecule has 110 valence electrons. The van der Waals surface area contributed by atoms with E-state index in [0.717, 1.165) is 31.0 Å². The van der Waals surface area contributed by atoms with Crippen LogP contribution in [0, 0.1) is 17.3 Å². The maximum Gasteiger partial charge on any atom is 0.0655 e. The molecule has 3 rings (SSSR count). The Morgan fingerprint density at radius 3 is 2.89 bits per heavy atom. The Hall–Kier alpha value is -0.120. The highest BCUT2D eigenvalue weighted by Gasteiger charge is 2.49. The Bertz CT molecular complexity index is 318. The summed E-state index contributed by atoms with van der Waals surface area (Å²) in [4.78, 5) is 0. The number of hydrogen-bond acceptors (Lipinski definition) is 3. The van der Waals surface area contributed by atoms with Gasteiger partial charge in [-0.15, -0.1) is 0 Å². The van der Waals surface area contributed by atoms with E-state index in [1.54, 1.807) is 0 Å². The van der Waals surface area contributed by atoms with Gasteiger partial charge in [0.05, 0.1) is 6.10 Å². The Labute approximate surface area is 117 Å². The zero-order valence-corrected chi connectivity index (χ0v) is 12.7. The normalized spacial score (nSPS) is 44.1. The second kappa shape index (κ2) is 5.34. The SMILES string of the molecule is CCOC1CC(NCC2NCC3CCCC32)C1(C)C. The minimum absolute atomic E-state index is 0.295. The van der Waals surface area contributed by atoms with Crippen LogP contribution in [0.25, 0.3) is 0 Å². The van der Waals surface area contributed by atoms with Crippen molar-refractivity contribution in [3.8, 4) is 0 Å². The van der Waals surface area contributed by atoms with Crippen molar-refractivity contribution < 1.29 is 4.74 Å². The van der Waals surface area contributed by atoms with E-state index in [1.807, 2.05) is 0 Å². The van der Waals surface area contributed by atoms with E-state index >= 15 is 0 Å². The van der Waals surface area contributed by atoms with Crippen LogP contribution >= 0.6 is 0 Å². The second-order valence-electron chi connectivity index (χ2n) is 7.33. The lowest BCUT2D eigenvalue weighted by Gasteiger charge is -2.52. The largest absolute Gasteiger partial charge is 0.378 e. The minimum Gasteiger partial charge on any atom is -0.378 e. The van der Waals surface area contributed by atoms with Crippen LogP contribution in [0.2, 0.25) is 0 Å². The van der Waals surface area contributed by atoms with Crippen molar-refractivity contribution >= 4 is 0 Å². The van der Waals surface area contributed by atoms with Gasteiger partial charge >= 0.3 is 0 Å². The molecule has 0 aromatic rings. The van der Waals surface area contributed by atoms with Gasteiger partial charge in [-0.1, -0.05) is 20.3 Å². The average molecular weight is 266 g/mol. The predicted molar refractivity (Wildman–Crippen MR) is 78.2 cm³/mol. The fraction of sp³-hybridized carbons (Fsp3) is 1.00. The fourth-order valence-corrected chi connectivity index (χ4v) is 4.51. The van der Waals surface area contributed by atoms with E-state index < -0.39 is 0 Å². The van der Waals surface area contributed by atoms with Crippen molar-refractivity contribution in [1.82, 2.24) is 10.6 Å². The smallest absolute Gasteiger partial charge is 0.0655 e. The highest BCUT2D eigenvalue weighted by molar-refractivity contribution is 5.04. The quantitative estimate of drug-likeness (QED) is 0.800. The van der Waals surface area contributed by atoms with Crippen molar-refractivity contribution in [3.63, 3.8) is 0 Å². The first kappa shape index (κ1) is 13.8. The molecule has 5 atom stereocenters. The topological polar surface area (TPSA) is 33.3 Å². The van der Waals surface area contributed by atoms with Crippen LogP contribution in [0.15, 0.2) is 0 Å². The number of rotatable bonds is 5. The standard InChI is InChI=1S/C16H30N2O/c1-4-19-15-8-14(16(15,2)3)18-10-13-12-7-5-6-11(12)9-17-13/h11-15,17-18H,4-10H2,1-3H3. The van der Waals surface area contributed by atoms with Gasteiger partial charge in [-0.25, -0.2) is 0 Å². The summed E-state index contributed by atoms with van der Waals surface area (Å²) in [5.41, 5.74) is 0.295. The molecule has 0 spiro atoms. The van der Waals surface area contributed by atoms with Gasteiger partial charge in [-0.05, 0) is 44.6 Å². The van der Waals surface area contributed by atoms with E-state index in [9.17, 15) is 0 Å². The molecular weight excluding hydrogens is 236 g/mol. The molecule has 3 heteroatoms. The average Bonchev–Trinajstić information content (AvgIpc) is 2.96. The van der Waals surface area contributed by atoms with Gasteiger partial charge in [0.1, 0.15) is 0 Å². The molecule has 5 unspecified atom stereocenters. The molecule has 1 heterocycles. The molecule has 0 aromatic carbocycles. The third-order valence-electron chi connectivity index (χ3n) is 6.01. The number of ether oxygens (including phenoxy) is 1. The number of hydrogen-bond donors (Lipinski definition) is 2. The van der Waals surface area contributed by atoms with Crippen LogP contribution in [0.5, 0.6) is 0 Å². The van der Waals surface area contributed by atoms with E-state index in [0.29, 0.717) is 17.6 Å². The molecular formula is C16H30N2O. The third kappa shape index (κ3) is 2.45. The lowest BCUT2D eigenvalue weighted by molar-refractivity contribution is -0.114. The molecule has 2 saturated carbocycles. The van der Waals surface area contributed by atoms with E-state index in [-0.39, 0.29) is 0 Å². The lowest BCUT2D eigenvalue weighted by atomic mass is 9.64. The molecule has 3 aliphatic rings. The highest BCUT2D eigenvalue weighted by atomic mass is 16.5. The Balaban J connectivity index is 1.46. The molecule has 1 aliphatic heterocycles. The zero-order chi connectivity index (χ0) is 13.5. The molecule has 2 aliphatic carbocycles. The van der Waals surface area contributed by atoms with Crippen molar-refractivity contribution in [1.29, 1.82) is 0 Å². The second-order valence-corrected chi connectivity index (χ2v) is 7.33. The van der Waals surface area contributed by atoms with Gasteiger partial charge in [0.2, 0.25) is 0 Å². The minimum atomic E-state index is 0.295. The first-order chi connectivity index (χ1) is 9.13. The molecule has 3 fully saturated rings. The first-order valence-electron chi connectivity index (χ1n) is 8.21. The summed E-state index contributed by atoms with van der Waals surface area (Å²) in [7, 11) is 0. The summed E-state index contributed by atoms with van der Waals surface area (Å²) in [5, 5.41) is 7.54. The van der Waals surface area contributed by atoms with Crippen LogP contribution in [0.1, 0.15) is 46.5 Å². The van der Waals surface area contributed by atoms with Crippen molar-refractivity contribution in [2.75, 3.05) is 19.7 Å². The van der Waals surface area contributed by atoms with E-state index in [4.69, 9.17) is 4.74 Å². The van der Waals surface area contributed by atoms with Gasteiger partial charge in [0, 0.05) is 30.7 Å². The van der Waals surface area contributed by atoms with Crippen molar-refractivity contribution in [2.24, 2.45) is 17.3 Å². The van der Waals surface area contributed by atoms with E-state index in [1.165, 1.54) is 32.2 Å². The maximum absolute atomic E-state index is 5.81.